The minimum absolute atomic E-state index is 0.0130. The lowest BCUT2D eigenvalue weighted by molar-refractivity contribution is -0.140. The Kier molecular flexibility index (Phi) is 9.50. The number of hydrogen-bond acceptors (Lipinski definition) is 4. The van der Waals surface area contributed by atoms with Crippen molar-refractivity contribution in [3.8, 4) is 0 Å². The first-order chi connectivity index (χ1) is 16.0. The van der Waals surface area contributed by atoms with Gasteiger partial charge in [-0.05, 0) is 52.3 Å². The number of aryl methyl sites for hydroxylation is 1. The van der Waals surface area contributed by atoms with Crippen molar-refractivity contribution in [2.75, 3.05) is 17.1 Å². The van der Waals surface area contributed by atoms with Crippen molar-refractivity contribution in [1.29, 1.82) is 0 Å². The van der Waals surface area contributed by atoms with E-state index in [9.17, 15) is 18.0 Å². The predicted octanol–water partition coefficient (Wildman–Crippen LogP) is 5.05. The van der Waals surface area contributed by atoms with E-state index in [1.165, 1.54) is 17.0 Å². The molecule has 2 rings (SSSR count). The van der Waals surface area contributed by atoms with E-state index in [1.54, 1.807) is 6.92 Å². The number of benzene rings is 2. The number of carbonyl (C=O) groups excluding carboxylic acids is 2. The molecule has 0 fully saturated rings. The molecule has 0 bridgehead atoms. The van der Waals surface area contributed by atoms with Gasteiger partial charge in [-0.1, -0.05) is 64.6 Å². The van der Waals surface area contributed by atoms with Gasteiger partial charge in [0.1, 0.15) is 12.6 Å². The molecule has 7 nitrogen and oxygen atoms in total. The zero-order chi connectivity index (χ0) is 26.7. The van der Waals surface area contributed by atoms with Gasteiger partial charge in [-0.15, -0.1) is 0 Å². The molecule has 0 spiro atoms. The molecule has 192 valence electrons. The third-order valence-electron chi connectivity index (χ3n) is 5.08. The van der Waals surface area contributed by atoms with Gasteiger partial charge in [-0.3, -0.25) is 13.9 Å². The van der Waals surface area contributed by atoms with Gasteiger partial charge in [0.15, 0.2) is 0 Å². The van der Waals surface area contributed by atoms with Gasteiger partial charge in [0, 0.05) is 12.1 Å². The number of rotatable bonds is 8. The summed E-state index contributed by atoms with van der Waals surface area (Å²) < 4.78 is 26.2. The van der Waals surface area contributed by atoms with Crippen LogP contribution in [0, 0.1) is 6.92 Å². The third-order valence-corrected chi connectivity index (χ3v) is 7.23. The maximum Gasteiger partial charge on any atom is 0.244 e. The smallest absolute Gasteiger partial charge is 0.244 e. The average molecular weight is 563 g/mol. The third kappa shape index (κ3) is 8.27. The molecule has 0 aromatic heterocycles. The number of anilines is 1. The lowest BCUT2D eigenvalue weighted by Gasteiger charge is -2.33. The number of nitrogens with zero attached hydrogens (tertiary/aromatic N) is 2. The molecule has 2 aromatic rings. The summed E-state index contributed by atoms with van der Waals surface area (Å²) in [5.41, 5.74) is 1.33. The van der Waals surface area contributed by atoms with Gasteiger partial charge in [0.2, 0.25) is 21.8 Å². The summed E-state index contributed by atoms with van der Waals surface area (Å²) in [7, 11) is -3.95. The second-order valence-corrected chi connectivity index (χ2v) is 12.5. The van der Waals surface area contributed by atoms with Crippen molar-refractivity contribution in [2.24, 2.45) is 0 Å². The molecular weight excluding hydrogens is 533 g/mol. The molecule has 1 atom stereocenters. The first-order valence-corrected chi connectivity index (χ1v) is 13.8. The molecule has 0 aliphatic rings. The number of carbonyl (C=O) groups is 2. The monoisotopic (exact) mass is 561 g/mol. The van der Waals surface area contributed by atoms with Crippen molar-refractivity contribution in [3.63, 3.8) is 0 Å². The van der Waals surface area contributed by atoms with E-state index in [-0.39, 0.29) is 33.2 Å². The highest BCUT2D eigenvalue weighted by Gasteiger charge is 2.32. The van der Waals surface area contributed by atoms with Gasteiger partial charge in [0.25, 0.3) is 0 Å². The van der Waals surface area contributed by atoms with Crippen LogP contribution in [0.3, 0.4) is 0 Å². The van der Waals surface area contributed by atoms with Crippen LogP contribution in [0.25, 0.3) is 0 Å². The molecule has 11 heteroatoms. The Morgan fingerprint density at radius 3 is 2.06 bits per heavy atom. The van der Waals surface area contributed by atoms with Crippen LogP contribution in [-0.2, 0) is 26.2 Å². The minimum Gasteiger partial charge on any atom is -0.350 e. The van der Waals surface area contributed by atoms with Gasteiger partial charge in [-0.2, -0.15) is 0 Å². The van der Waals surface area contributed by atoms with E-state index in [4.69, 9.17) is 34.8 Å². The molecule has 1 N–H and O–H groups in total. The van der Waals surface area contributed by atoms with Crippen LogP contribution in [-0.4, -0.2) is 49.5 Å². The van der Waals surface area contributed by atoms with E-state index in [0.29, 0.717) is 0 Å². The second kappa shape index (κ2) is 11.4. The fraction of sp³-hybridized carbons (Fsp3) is 0.417. The summed E-state index contributed by atoms with van der Waals surface area (Å²) in [6.45, 7) is 8.56. The summed E-state index contributed by atoms with van der Waals surface area (Å²) >= 11 is 18.3. The van der Waals surface area contributed by atoms with E-state index < -0.39 is 34.1 Å². The SMILES string of the molecule is Cc1ccc(CN(C(=O)CN(c2cc(Cl)c(Cl)cc2Cl)S(C)(=O)=O)C(C)C(=O)NC(C)(C)C)cc1. The Morgan fingerprint density at radius 1 is 1.00 bits per heavy atom. The quantitative estimate of drug-likeness (QED) is 0.456. The Hall–Kier alpha value is -2.00. The highest BCUT2D eigenvalue weighted by atomic mass is 35.5. The van der Waals surface area contributed by atoms with Crippen LogP contribution < -0.4 is 9.62 Å². The van der Waals surface area contributed by atoms with Crippen LogP contribution in [0.4, 0.5) is 5.69 Å². The summed E-state index contributed by atoms with van der Waals surface area (Å²) in [4.78, 5) is 27.8. The number of amides is 2. The maximum absolute atomic E-state index is 13.6. The number of nitrogens with one attached hydrogen (secondary N) is 1. The standard InChI is InChI=1S/C24H30Cl3N3O4S/c1-15-7-9-17(10-8-15)13-29(16(2)23(32)28-24(3,4)5)22(31)14-30(35(6,33)34)21-12-19(26)18(25)11-20(21)27/h7-12,16H,13-14H2,1-6H3,(H,28,32). The van der Waals surface area contributed by atoms with E-state index in [2.05, 4.69) is 5.32 Å². The van der Waals surface area contributed by atoms with E-state index >= 15 is 0 Å². The van der Waals surface area contributed by atoms with Crippen molar-refractivity contribution in [1.82, 2.24) is 10.2 Å². The molecule has 0 saturated carbocycles. The molecule has 35 heavy (non-hydrogen) atoms. The molecular formula is C24H30Cl3N3O4S. The Balaban J connectivity index is 2.47. The fourth-order valence-corrected chi connectivity index (χ4v) is 4.79. The van der Waals surface area contributed by atoms with Crippen LogP contribution in [0.15, 0.2) is 36.4 Å². The molecule has 0 aliphatic carbocycles. The first kappa shape index (κ1) is 29.2. The zero-order valence-electron chi connectivity index (χ0n) is 20.5. The van der Waals surface area contributed by atoms with Crippen LogP contribution in [0.2, 0.25) is 15.1 Å². The van der Waals surface area contributed by atoms with Crippen molar-refractivity contribution < 1.29 is 18.0 Å². The second-order valence-electron chi connectivity index (χ2n) is 9.41. The van der Waals surface area contributed by atoms with Crippen LogP contribution in [0.1, 0.15) is 38.8 Å². The van der Waals surface area contributed by atoms with Gasteiger partial charge >= 0.3 is 0 Å². The lowest BCUT2D eigenvalue weighted by Crippen LogP contribution is -2.54. The van der Waals surface area contributed by atoms with E-state index in [1.807, 2.05) is 52.0 Å². The molecule has 1 unspecified atom stereocenters. The average Bonchev–Trinajstić information content (AvgIpc) is 2.71. The highest BCUT2D eigenvalue weighted by Crippen LogP contribution is 2.35. The minimum atomic E-state index is -3.95. The number of sulfonamides is 1. The zero-order valence-corrected chi connectivity index (χ0v) is 23.6. The van der Waals surface area contributed by atoms with Crippen molar-refractivity contribution in [2.45, 2.75) is 52.7 Å². The topological polar surface area (TPSA) is 86.8 Å². The number of halogens is 3. The van der Waals surface area contributed by atoms with Crippen LogP contribution >= 0.6 is 34.8 Å². The van der Waals surface area contributed by atoms with Gasteiger partial charge < -0.3 is 10.2 Å². The van der Waals surface area contributed by atoms with E-state index in [0.717, 1.165) is 21.7 Å². The Bertz CT molecular complexity index is 1200. The molecule has 0 radical (unpaired) electrons. The van der Waals surface area contributed by atoms with Gasteiger partial charge in [0.05, 0.1) is 27.0 Å². The highest BCUT2D eigenvalue weighted by molar-refractivity contribution is 7.92. The van der Waals surface area contributed by atoms with Gasteiger partial charge in [-0.25, -0.2) is 8.42 Å². The molecule has 0 saturated heterocycles. The summed E-state index contributed by atoms with van der Waals surface area (Å²) in [6.07, 6.45) is 0.958. The van der Waals surface area contributed by atoms with Crippen LogP contribution in [0.5, 0.6) is 0 Å². The molecule has 2 aromatic carbocycles. The summed E-state index contributed by atoms with van der Waals surface area (Å²) in [5, 5.41) is 3.12. The predicted molar refractivity (Wildman–Crippen MR) is 143 cm³/mol. The Morgan fingerprint density at radius 2 is 1.54 bits per heavy atom. The Labute approximate surface area is 222 Å². The number of hydrogen-bond donors (Lipinski definition) is 1. The molecule has 0 aliphatic heterocycles. The lowest BCUT2D eigenvalue weighted by atomic mass is 10.1. The normalized spacial score (nSPS) is 12.7. The molecule has 0 heterocycles. The largest absolute Gasteiger partial charge is 0.350 e. The summed E-state index contributed by atoms with van der Waals surface area (Å²) in [5.74, 6) is -0.953. The first-order valence-electron chi connectivity index (χ1n) is 10.8. The maximum atomic E-state index is 13.6. The summed E-state index contributed by atoms with van der Waals surface area (Å²) in [6, 6.07) is 9.23. The van der Waals surface area contributed by atoms with Crippen molar-refractivity contribution >= 4 is 62.3 Å². The van der Waals surface area contributed by atoms with Crippen molar-refractivity contribution in [3.05, 3.63) is 62.6 Å². The fourth-order valence-electron chi connectivity index (χ4n) is 3.24. The molecule has 2 amide bonds.